The van der Waals surface area contributed by atoms with Gasteiger partial charge in [-0.2, -0.15) is 5.10 Å². The molecule has 6 heteroatoms. The Hall–Kier alpha value is -0.880. The summed E-state index contributed by atoms with van der Waals surface area (Å²) in [6.45, 7) is 2.87. The van der Waals surface area contributed by atoms with Crippen LogP contribution in [0.5, 0.6) is 0 Å². The maximum Gasteiger partial charge on any atom is 0.291 e. The lowest BCUT2D eigenvalue weighted by atomic mass is 9.85. The van der Waals surface area contributed by atoms with Crippen molar-refractivity contribution in [3.05, 3.63) is 21.0 Å². The van der Waals surface area contributed by atoms with Crippen LogP contribution in [-0.2, 0) is 11.3 Å². The van der Waals surface area contributed by atoms with E-state index in [4.69, 9.17) is 4.74 Å². The molecule has 116 valence electrons. The van der Waals surface area contributed by atoms with Gasteiger partial charge in [-0.3, -0.25) is 4.79 Å². The Kier molecular flexibility index (Phi) is 4.95. The molecule has 0 bridgehead atoms. The summed E-state index contributed by atoms with van der Waals surface area (Å²) in [5.74, 6) is 1.39. The van der Waals surface area contributed by atoms with Crippen LogP contribution in [0.1, 0.15) is 32.1 Å². The number of nitrogens with one attached hydrogen (secondary N) is 1. The fourth-order valence-electron chi connectivity index (χ4n) is 2.46. The van der Waals surface area contributed by atoms with E-state index in [1.54, 1.807) is 10.9 Å². The van der Waals surface area contributed by atoms with Crippen LogP contribution < -0.4 is 10.9 Å². The van der Waals surface area contributed by atoms with Crippen LogP contribution in [0, 0.1) is 11.8 Å². The van der Waals surface area contributed by atoms with Gasteiger partial charge in [-0.05, 0) is 53.4 Å². The predicted molar refractivity (Wildman–Crippen MR) is 85.6 cm³/mol. The maximum absolute atomic E-state index is 12.4. The summed E-state index contributed by atoms with van der Waals surface area (Å²) < 4.78 is 7.89. The van der Waals surface area contributed by atoms with Crippen LogP contribution in [0.2, 0.25) is 0 Å². The van der Waals surface area contributed by atoms with E-state index < -0.39 is 0 Å². The van der Waals surface area contributed by atoms with Crippen LogP contribution in [0.4, 0.5) is 5.69 Å². The molecule has 2 saturated carbocycles. The van der Waals surface area contributed by atoms with E-state index in [2.05, 4.69) is 26.3 Å². The first-order chi connectivity index (χ1) is 10.2. The molecule has 0 aliphatic heterocycles. The molecule has 0 atom stereocenters. The number of aromatic nitrogens is 2. The molecular weight excluding hydrogens is 334 g/mol. The van der Waals surface area contributed by atoms with Crippen molar-refractivity contribution in [3.63, 3.8) is 0 Å². The Bertz CT molecular complexity index is 538. The van der Waals surface area contributed by atoms with Crippen molar-refractivity contribution in [2.75, 3.05) is 25.1 Å². The molecule has 1 aromatic heterocycles. The van der Waals surface area contributed by atoms with Crippen molar-refractivity contribution in [2.24, 2.45) is 11.8 Å². The van der Waals surface area contributed by atoms with Gasteiger partial charge in [0.2, 0.25) is 0 Å². The molecule has 2 aliphatic rings. The van der Waals surface area contributed by atoms with Crippen molar-refractivity contribution in [1.29, 1.82) is 0 Å². The van der Waals surface area contributed by atoms with Crippen molar-refractivity contribution in [1.82, 2.24) is 9.78 Å². The predicted octanol–water partition coefficient (Wildman–Crippen LogP) is 2.64. The molecule has 0 unspecified atom stereocenters. The highest BCUT2D eigenvalue weighted by molar-refractivity contribution is 9.10. The van der Waals surface area contributed by atoms with E-state index in [1.165, 1.54) is 32.1 Å². The van der Waals surface area contributed by atoms with Gasteiger partial charge >= 0.3 is 0 Å². The summed E-state index contributed by atoms with van der Waals surface area (Å²) in [6, 6.07) is 0. The lowest BCUT2D eigenvalue weighted by Crippen LogP contribution is -2.31. The zero-order valence-electron chi connectivity index (χ0n) is 12.2. The molecular formula is C15H22BrN3O2. The van der Waals surface area contributed by atoms with Crippen LogP contribution >= 0.6 is 15.9 Å². The van der Waals surface area contributed by atoms with Crippen molar-refractivity contribution >= 4 is 21.6 Å². The van der Waals surface area contributed by atoms with Gasteiger partial charge in [0.25, 0.3) is 5.56 Å². The van der Waals surface area contributed by atoms with Gasteiger partial charge in [0, 0.05) is 19.7 Å². The minimum Gasteiger partial charge on any atom is -0.379 e. The molecule has 5 nitrogen and oxygen atoms in total. The fraction of sp³-hybridized carbons (Fsp3) is 0.733. The van der Waals surface area contributed by atoms with Gasteiger partial charge in [-0.25, -0.2) is 4.68 Å². The highest BCUT2D eigenvalue weighted by Gasteiger charge is 2.21. The van der Waals surface area contributed by atoms with Crippen LogP contribution in [0.15, 0.2) is 15.5 Å². The number of hydrogen-bond acceptors (Lipinski definition) is 4. The van der Waals surface area contributed by atoms with E-state index in [0.29, 0.717) is 24.8 Å². The number of anilines is 1. The summed E-state index contributed by atoms with van der Waals surface area (Å²) in [7, 11) is 0. The number of halogens is 1. The van der Waals surface area contributed by atoms with Gasteiger partial charge in [-0.15, -0.1) is 0 Å². The molecule has 21 heavy (non-hydrogen) atoms. The third-order valence-corrected chi connectivity index (χ3v) is 4.85. The van der Waals surface area contributed by atoms with Gasteiger partial charge in [-0.1, -0.05) is 6.42 Å². The molecule has 1 heterocycles. The first kappa shape index (κ1) is 15.0. The second kappa shape index (κ2) is 6.92. The highest BCUT2D eigenvalue weighted by atomic mass is 79.9. The normalized spacial score (nSPS) is 18.5. The molecule has 0 saturated heterocycles. The fourth-order valence-corrected chi connectivity index (χ4v) is 2.86. The molecule has 0 amide bonds. The largest absolute Gasteiger partial charge is 0.379 e. The van der Waals surface area contributed by atoms with Gasteiger partial charge < -0.3 is 10.1 Å². The third kappa shape index (κ3) is 4.07. The zero-order chi connectivity index (χ0) is 14.7. The Morgan fingerprint density at radius 1 is 1.33 bits per heavy atom. The number of ether oxygens (including phenoxy) is 1. The molecule has 0 aromatic carbocycles. The summed E-state index contributed by atoms with van der Waals surface area (Å²) in [5.41, 5.74) is 0.554. The minimum atomic E-state index is -0.0431. The molecule has 2 aliphatic carbocycles. The van der Waals surface area contributed by atoms with Crippen LogP contribution in [-0.4, -0.2) is 29.5 Å². The average Bonchev–Trinajstić information content (AvgIpc) is 3.23. The summed E-state index contributed by atoms with van der Waals surface area (Å²) >= 11 is 3.40. The monoisotopic (exact) mass is 355 g/mol. The van der Waals surface area contributed by atoms with Crippen molar-refractivity contribution < 1.29 is 4.74 Å². The lowest BCUT2D eigenvalue weighted by molar-refractivity contribution is 0.134. The van der Waals surface area contributed by atoms with Crippen molar-refractivity contribution in [2.45, 2.75) is 38.6 Å². The van der Waals surface area contributed by atoms with E-state index in [1.807, 2.05) is 0 Å². The average molecular weight is 356 g/mol. The first-order valence-corrected chi connectivity index (χ1v) is 8.60. The van der Waals surface area contributed by atoms with E-state index >= 15 is 0 Å². The highest BCUT2D eigenvalue weighted by Crippen LogP contribution is 2.29. The summed E-state index contributed by atoms with van der Waals surface area (Å²) in [4.78, 5) is 12.4. The molecule has 0 radical (unpaired) electrons. The molecule has 3 rings (SSSR count). The molecule has 1 N–H and O–H groups in total. The first-order valence-electron chi connectivity index (χ1n) is 7.81. The van der Waals surface area contributed by atoms with E-state index in [0.717, 1.165) is 23.5 Å². The topological polar surface area (TPSA) is 56.1 Å². The maximum atomic E-state index is 12.4. The summed E-state index contributed by atoms with van der Waals surface area (Å²) in [5, 5.41) is 7.40. The molecule has 0 spiro atoms. The zero-order valence-corrected chi connectivity index (χ0v) is 13.8. The van der Waals surface area contributed by atoms with Gasteiger partial charge in [0.05, 0.1) is 17.3 Å². The number of hydrogen-bond donors (Lipinski definition) is 1. The quantitative estimate of drug-likeness (QED) is 0.728. The standard InChI is InChI=1S/C15H22BrN3O2/c16-13-8-18-19(9-11-2-1-3-11)15(20)14(13)17-6-7-21-10-12-4-5-12/h8,11-12,17H,1-7,9-10H2. The minimum absolute atomic E-state index is 0.0431. The second-order valence-electron chi connectivity index (χ2n) is 6.10. The Morgan fingerprint density at radius 2 is 2.14 bits per heavy atom. The molecule has 1 aromatic rings. The van der Waals surface area contributed by atoms with Crippen molar-refractivity contribution in [3.8, 4) is 0 Å². The van der Waals surface area contributed by atoms with E-state index in [9.17, 15) is 4.79 Å². The Labute approximate surface area is 133 Å². The number of nitrogens with zero attached hydrogens (tertiary/aromatic N) is 2. The lowest BCUT2D eigenvalue weighted by Gasteiger charge is -2.25. The number of rotatable bonds is 8. The summed E-state index contributed by atoms with van der Waals surface area (Å²) in [6.07, 6.45) is 8.00. The van der Waals surface area contributed by atoms with Crippen LogP contribution in [0.3, 0.4) is 0 Å². The second-order valence-corrected chi connectivity index (χ2v) is 6.95. The Morgan fingerprint density at radius 3 is 2.81 bits per heavy atom. The molecule has 2 fully saturated rings. The smallest absolute Gasteiger partial charge is 0.291 e. The van der Waals surface area contributed by atoms with Gasteiger partial charge in [0.15, 0.2) is 0 Å². The van der Waals surface area contributed by atoms with Gasteiger partial charge in [0.1, 0.15) is 5.69 Å². The SMILES string of the molecule is O=c1c(NCCOCC2CC2)c(Br)cnn1CC1CCC1. The van der Waals surface area contributed by atoms with E-state index in [-0.39, 0.29) is 5.56 Å². The van der Waals surface area contributed by atoms with Crippen LogP contribution in [0.25, 0.3) is 0 Å². The Balaban J connectivity index is 1.54. The third-order valence-electron chi connectivity index (χ3n) is 4.25.